The summed E-state index contributed by atoms with van der Waals surface area (Å²) in [4.78, 5) is 20.0. The number of halogens is 1. The van der Waals surface area contributed by atoms with Crippen molar-refractivity contribution in [1.29, 1.82) is 0 Å². The Morgan fingerprint density at radius 3 is 2.37 bits per heavy atom. The number of benzene rings is 2. The molecule has 0 unspecified atom stereocenters. The van der Waals surface area contributed by atoms with Crippen LogP contribution in [0.2, 0.25) is 5.02 Å². The molecule has 1 amide bonds. The van der Waals surface area contributed by atoms with E-state index in [1.165, 1.54) is 16.9 Å². The van der Waals surface area contributed by atoms with Crippen LogP contribution in [0.5, 0.6) is 0 Å². The Balaban J connectivity index is 1.53. The molecule has 4 rings (SSSR count). The summed E-state index contributed by atoms with van der Waals surface area (Å²) in [5, 5.41) is 12.7. The molecule has 0 aliphatic rings. The highest BCUT2D eigenvalue weighted by atomic mass is 35.5. The lowest BCUT2D eigenvalue weighted by molar-refractivity contribution is -0.119. The second kappa shape index (κ2) is 10.3. The van der Waals surface area contributed by atoms with Crippen LogP contribution in [-0.4, -0.2) is 39.6 Å². The molecule has 0 aliphatic carbocycles. The van der Waals surface area contributed by atoms with Gasteiger partial charge in [0.15, 0.2) is 5.82 Å². The first-order chi connectivity index (χ1) is 16.6. The first-order valence-corrected chi connectivity index (χ1v) is 12.8. The van der Waals surface area contributed by atoms with Crippen molar-refractivity contribution in [1.82, 2.24) is 19.9 Å². The van der Waals surface area contributed by atoms with Gasteiger partial charge in [0.1, 0.15) is 5.69 Å². The fourth-order valence-corrected chi connectivity index (χ4v) is 4.59. The van der Waals surface area contributed by atoms with Crippen LogP contribution < -0.4 is 15.5 Å². The van der Waals surface area contributed by atoms with E-state index in [4.69, 9.17) is 21.7 Å². The molecular weight excluding hydrogens is 480 g/mol. The zero-order valence-corrected chi connectivity index (χ0v) is 22.3. The Kier molecular flexibility index (Phi) is 7.33. The van der Waals surface area contributed by atoms with E-state index < -0.39 is 0 Å². The summed E-state index contributed by atoms with van der Waals surface area (Å²) in [6, 6.07) is 15.9. The van der Waals surface area contributed by atoms with Crippen molar-refractivity contribution >= 4 is 44.8 Å². The van der Waals surface area contributed by atoms with E-state index >= 15 is 0 Å². The summed E-state index contributed by atoms with van der Waals surface area (Å²) in [6.07, 6.45) is 0.996. The van der Waals surface area contributed by atoms with Crippen LogP contribution in [0.4, 0.5) is 10.9 Å². The number of amides is 1. The van der Waals surface area contributed by atoms with Gasteiger partial charge in [-0.2, -0.15) is 4.52 Å². The molecule has 9 heteroatoms. The maximum atomic E-state index is 12.5. The number of carbonyl (C=O) groups is 1. The van der Waals surface area contributed by atoms with Crippen molar-refractivity contribution in [3.8, 4) is 11.3 Å². The fraction of sp³-hybridized carbons (Fsp3) is 0.346. The first-order valence-electron chi connectivity index (χ1n) is 11.6. The number of nitrogens with zero attached hydrogens (tertiary/aromatic N) is 4. The van der Waals surface area contributed by atoms with Gasteiger partial charge in [-0.25, -0.2) is 4.98 Å². The van der Waals surface area contributed by atoms with E-state index in [0.29, 0.717) is 11.6 Å². The minimum absolute atomic E-state index is 0.0833. The van der Waals surface area contributed by atoms with Crippen molar-refractivity contribution < 1.29 is 4.79 Å². The normalized spacial score (nSPS) is 11.6. The number of aromatic nitrogens is 3. The second-order valence-corrected chi connectivity index (χ2v) is 10.9. The van der Waals surface area contributed by atoms with E-state index in [1.807, 2.05) is 40.7 Å². The zero-order chi connectivity index (χ0) is 25.2. The molecule has 0 aliphatic heterocycles. The van der Waals surface area contributed by atoms with E-state index in [2.05, 4.69) is 62.6 Å². The molecule has 2 N–H and O–H groups in total. The zero-order valence-electron chi connectivity index (χ0n) is 20.7. The van der Waals surface area contributed by atoms with Crippen LogP contribution in [0.3, 0.4) is 0 Å². The molecular formula is C26H31ClN6OS. The number of aryl methyl sites for hydroxylation is 1. The molecule has 35 heavy (non-hydrogen) atoms. The summed E-state index contributed by atoms with van der Waals surface area (Å²) >= 11 is 7.39. The van der Waals surface area contributed by atoms with Gasteiger partial charge < -0.3 is 15.5 Å². The monoisotopic (exact) mass is 510 g/mol. The third-order valence-electron chi connectivity index (χ3n) is 5.43. The van der Waals surface area contributed by atoms with Gasteiger partial charge in [-0.3, -0.25) is 4.79 Å². The minimum atomic E-state index is -0.175. The molecule has 2 heterocycles. The molecule has 0 atom stereocenters. The Morgan fingerprint density at radius 1 is 1.09 bits per heavy atom. The number of rotatable bonds is 8. The van der Waals surface area contributed by atoms with Crippen LogP contribution >= 0.6 is 22.9 Å². The molecule has 0 spiro atoms. The van der Waals surface area contributed by atoms with Crippen LogP contribution in [-0.2, 0) is 17.8 Å². The highest BCUT2D eigenvalue weighted by Gasteiger charge is 2.23. The Morgan fingerprint density at radius 2 is 1.74 bits per heavy atom. The lowest BCUT2D eigenvalue weighted by Gasteiger charge is -2.22. The van der Waals surface area contributed by atoms with E-state index in [1.54, 1.807) is 0 Å². The molecule has 4 aromatic rings. The summed E-state index contributed by atoms with van der Waals surface area (Å²) in [7, 11) is 1.86. The van der Waals surface area contributed by atoms with Gasteiger partial charge >= 0.3 is 0 Å². The second-order valence-electron chi connectivity index (χ2n) is 9.57. The quantitative estimate of drug-likeness (QED) is 0.321. The van der Waals surface area contributed by atoms with Crippen LogP contribution in [0.15, 0.2) is 48.5 Å². The number of nitrogens with one attached hydrogen (secondary N) is 2. The number of fused-ring (bicyclic) bond motifs is 1. The Labute approximate surface area is 215 Å². The van der Waals surface area contributed by atoms with Gasteiger partial charge in [0, 0.05) is 29.7 Å². The van der Waals surface area contributed by atoms with Crippen molar-refractivity contribution in [3.05, 3.63) is 64.7 Å². The Hall–Kier alpha value is -3.10. The highest BCUT2D eigenvalue weighted by molar-refractivity contribution is 7.20. The topological polar surface area (TPSA) is 74.6 Å². The predicted molar refractivity (Wildman–Crippen MR) is 146 cm³/mol. The molecule has 0 saturated heterocycles. The number of anilines is 2. The lowest BCUT2D eigenvalue weighted by Crippen LogP contribution is -2.34. The Bertz CT molecular complexity index is 1300. The van der Waals surface area contributed by atoms with Gasteiger partial charge in [0.05, 0.1) is 6.54 Å². The minimum Gasteiger partial charge on any atom is -0.364 e. The van der Waals surface area contributed by atoms with Crippen molar-refractivity contribution in [2.45, 2.75) is 46.2 Å². The van der Waals surface area contributed by atoms with Gasteiger partial charge in [-0.1, -0.05) is 66.3 Å². The average Bonchev–Trinajstić information content (AvgIpc) is 3.37. The van der Waals surface area contributed by atoms with Crippen LogP contribution in [0.25, 0.3) is 16.2 Å². The molecule has 2 aromatic carbocycles. The molecule has 0 fully saturated rings. The first kappa shape index (κ1) is 25.0. The van der Waals surface area contributed by atoms with Gasteiger partial charge in [0.25, 0.3) is 0 Å². The van der Waals surface area contributed by atoms with Crippen molar-refractivity contribution in [2.24, 2.45) is 0 Å². The molecule has 0 radical (unpaired) electrons. The number of likely N-dealkylation sites (N-methyl/N-ethyl adjacent to an activating group) is 1. The van der Waals surface area contributed by atoms with Crippen molar-refractivity contribution in [3.63, 3.8) is 0 Å². The number of imidazole rings is 1. The predicted octanol–water partition coefficient (Wildman–Crippen LogP) is 5.64. The maximum absolute atomic E-state index is 12.5. The molecule has 0 bridgehead atoms. The third-order valence-corrected chi connectivity index (χ3v) is 6.71. The van der Waals surface area contributed by atoms with Crippen LogP contribution in [0.1, 0.15) is 38.8 Å². The summed E-state index contributed by atoms with van der Waals surface area (Å²) in [5.41, 5.74) is 4.03. The largest absolute Gasteiger partial charge is 0.364 e. The molecule has 0 saturated carbocycles. The standard InChI is InChI=1S/C26H31ClN6OS/c1-6-17-7-11-19(12-8-17)22-23(30-26(2,3)4)33-24(29-22)35-25(31-33)32(5)16-21(34)28-15-18-9-13-20(27)14-10-18/h7-14,30H,6,15-16H2,1-5H3,(H,28,34). The SMILES string of the molecule is CCc1ccc(-c2nc3sc(N(C)CC(=O)NCc4ccc(Cl)cc4)nn3c2NC(C)(C)C)cc1. The number of carbonyl (C=O) groups excluding carboxylic acids is 1. The average molecular weight is 511 g/mol. The van der Waals surface area contributed by atoms with Gasteiger partial charge in [-0.05, 0) is 50.5 Å². The summed E-state index contributed by atoms with van der Waals surface area (Å²) < 4.78 is 1.84. The van der Waals surface area contributed by atoms with E-state index in [9.17, 15) is 4.79 Å². The fourth-order valence-electron chi connectivity index (χ4n) is 3.60. The maximum Gasteiger partial charge on any atom is 0.239 e. The van der Waals surface area contributed by atoms with Crippen LogP contribution in [0, 0.1) is 0 Å². The lowest BCUT2D eigenvalue weighted by atomic mass is 10.1. The van der Waals surface area contributed by atoms with Crippen molar-refractivity contribution in [2.75, 3.05) is 23.8 Å². The molecule has 184 valence electrons. The smallest absolute Gasteiger partial charge is 0.239 e. The van der Waals surface area contributed by atoms with E-state index in [0.717, 1.165) is 39.2 Å². The summed E-state index contributed by atoms with van der Waals surface area (Å²) in [6.45, 7) is 9.12. The molecule has 7 nitrogen and oxygen atoms in total. The third kappa shape index (κ3) is 6.13. The highest BCUT2D eigenvalue weighted by Crippen LogP contribution is 2.34. The number of hydrogen-bond acceptors (Lipinski definition) is 6. The van der Waals surface area contributed by atoms with E-state index in [-0.39, 0.29) is 18.0 Å². The van der Waals surface area contributed by atoms with Gasteiger partial charge in [-0.15, -0.1) is 5.10 Å². The number of hydrogen-bond donors (Lipinski definition) is 2. The van der Waals surface area contributed by atoms with Gasteiger partial charge in [0.2, 0.25) is 16.0 Å². The molecule has 2 aromatic heterocycles. The summed E-state index contributed by atoms with van der Waals surface area (Å²) in [5.74, 6) is 0.764.